The number of rotatable bonds is 2. The molecule has 2 aromatic rings. The van der Waals surface area contributed by atoms with Crippen molar-refractivity contribution in [1.82, 2.24) is 15.0 Å². The molecule has 4 rings (SSSR count). The number of fused-ring (bicyclic) bond motifs is 1. The van der Waals surface area contributed by atoms with Gasteiger partial charge < -0.3 is 18.9 Å². The summed E-state index contributed by atoms with van der Waals surface area (Å²) < 4.78 is 17.0. The number of nitrogens with zero attached hydrogens (tertiary/aromatic N) is 3. The lowest BCUT2D eigenvalue weighted by atomic mass is 9.96. The Kier molecular flexibility index (Phi) is 4.07. The Morgan fingerprint density at radius 1 is 1.16 bits per heavy atom. The van der Waals surface area contributed by atoms with Gasteiger partial charge in [0, 0.05) is 19.0 Å². The Balaban J connectivity index is 1.41. The largest absolute Gasteiger partial charge is 0.482 e. The van der Waals surface area contributed by atoms with Crippen molar-refractivity contribution in [1.29, 1.82) is 0 Å². The molecule has 25 heavy (non-hydrogen) atoms. The van der Waals surface area contributed by atoms with Gasteiger partial charge in [-0.1, -0.05) is 17.3 Å². The molecular weight excluding hydrogens is 322 g/mol. The van der Waals surface area contributed by atoms with Crippen molar-refractivity contribution in [2.24, 2.45) is 0 Å². The summed E-state index contributed by atoms with van der Waals surface area (Å²) in [6.07, 6.45) is 0.688. The Hall–Kier alpha value is -2.57. The van der Waals surface area contributed by atoms with Gasteiger partial charge in [0.15, 0.2) is 17.3 Å². The van der Waals surface area contributed by atoms with Crippen molar-refractivity contribution < 1.29 is 18.8 Å². The first-order valence-electron chi connectivity index (χ1n) is 8.63. The highest BCUT2D eigenvalue weighted by atomic mass is 16.6. The van der Waals surface area contributed by atoms with Crippen LogP contribution in [0.1, 0.15) is 37.4 Å². The summed E-state index contributed by atoms with van der Waals surface area (Å²) in [5.74, 6) is 2.81. The maximum absolute atomic E-state index is 12.9. The van der Waals surface area contributed by atoms with Gasteiger partial charge in [-0.3, -0.25) is 4.79 Å². The summed E-state index contributed by atoms with van der Waals surface area (Å²) in [7, 11) is 0. The lowest BCUT2D eigenvalue weighted by Crippen LogP contribution is -2.52. The van der Waals surface area contributed by atoms with Crippen LogP contribution in [-0.2, 0) is 4.79 Å². The van der Waals surface area contributed by atoms with E-state index in [0.29, 0.717) is 36.3 Å². The number of aryl methyl sites for hydroxylation is 1. The molecule has 0 unspecified atom stereocenters. The van der Waals surface area contributed by atoms with E-state index in [9.17, 15) is 4.79 Å². The quantitative estimate of drug-likeness (QED) is 0.833. The van der Waals surface area contributed by atoms with E-state index in [0.717, 1.165) is 12.8 Å². The summed E-state index contributed by atoms with van der Waals surface area (Å²) in [6, 6.07) is 7.44. The summed E-state index contributed by atoms with van der Waals surface area (Å²) >= 11 is 0. The van der Waals surface area contributed by atoms with Gasteiger partial charge in [-0.25, -0.2) is 0 Å². The SMILES string of the molecule is Cc1noc(C2CCN(C(=O)[C@H]3Oc4ccccc4O[C@@H]3C)CC2)n1. The molecule has 0 N–H and O–H groups in total. The topological polar surface area (TPSA) is 77.7 Å². The molecule has 132 valence electrons. The van der Waals surface area contributed by atoms with Crippen LogP contribution >= 0.6 is 0 Å². The van der Waals surface area contributed by atoms with Crippen LogP contribution in [0, 0.1) is 6.92 Å². The van der Waals surface area contributed by atoms with E-state index in [1.807, 2.05) is 43.0 Å². The van der Waals surface area contributed by atoms with Crippen molar-refractivity contribution in [3.05, 3.63) is 36.0 Å². The van der Waals surface area contributed by atoms with Gasteiger partial charge in [0.2, 0.25) is 12.0 Å². The number of carbonyl (C=O) groups excluding carboxylic acids is 1. The third-order valence-electron chi connectivity index (χ3n) is 4.78. The molecule has 1 fully saturated rings. The van der Waals surface area contributed by atoms with Gasteiger partial charge in [-0.05, 0) is 38.8 Å². The molecule has 0 saturated carbocycles. The predicted molar refractivity (Wildman–Crippen MR) is 88.5 cm³/mol. The molecule has 1 amide bonds. The van der Waals surface area contributed by atoms with Crippen LogP contribution in [0.2, 0.25) is 0 Å². The van der Waals surface area contributed by atoms with E-state index in [2.05, 4.69) is 10.1 Å². The van der Waals surface area contributed by atoms with Gasteiger partial charge >= 0.3 is 0 Å². The molecule has 3 heterocycles. The average Bonchev–Trinajstić information content (AvgIpc) is 3.07. The number of hydrogen-bond donors (Lipinski definition) is 0. The standard InChI is InChI=1S/C18H21N3O4/c1-11-16(24-15-6-4-3-5-14(15)23-11)18(22)21-9-7-13(8-10-21)17-19-12(2)20-25-17/h3-6,11,13,16H,7-10H2,1-2H3/t11-,16+/m1/s1. The summed E-state index contributed by atoms with van der Waals surface area (Å²) in [4.78, 5) is 19.0. The third kappa shape index (κ3) is 3.06. The van der Waals surface area contributed by atoms with E-state index in [1.54, 1.807) is 0 Å². The van der Waals surface area contributed by atoms with Crippen LogP contribution in [0.3, 0.4) is 0 Å². The van der Waals surface area contributed by atoms with Crippen LogP contribution in [0.25, 0.3) is 0 Å². The van der Waals surface area contributed by atoms with Crippen molar-refractivity contribution in [2.75, 3.05) is 13.1 Å². The second-order valence-corrected chi connectivity index (χ2v) is 6.59. The molecule has 2 aliphatic heterocycles. The fourth-order valence-electron chi connectivity index (χ4n) is 3.40. The fraction of sp³-hybridized carbons (Fsp3) is 0.500. The highest BCUT2D eigenvalue weighted by Gasteiger charge is 2.38. The molecule has 0 bridgehead atoms. The number of likely N-dealkylation sites (tertiary alicyclic amines) is 1. The van der Waals surface area contributed by atoms with E-state index in [4.69, 9.17) is 14.0 Å². The van der Waals surface area contributed by atoms with E-state index in [1.165, 1.54) is 0 Å². The number of ether oxygens (including phenoxy) is 2. The normalized spacial score (nSPS) is 23.5. The summed E-state index contributed by atoms with van der Waals surface area (Å²) in [6.45, 7) is 4.98. The molecule has 0 aliphatic carbocycles. The second kappa shape index (κ2) is 6.38. The van der Waals surface area contributed by atoms with Crippen molar-refractivity contribution in [3.8, 4) is 11.5 Å². The van der Waals surface area contributed by atoms with E-state index < -0.39 is 6.10 Å². The first-order chi connectivity index (χ1) is 12.1. The summed E-state index contributed by atoms with van der Waals surface area (Å²) in [5.41, 5.74) is 0. The first kappa shape index (κ1) is 15.9. The van der Waals surface area contributed by atoms with Crippen LogP contribution < -0.4 is 9.47 Å². The molecule has 0 spiro atoms. The van der Waals surface area contributed by atoms with Crippen molar-refractivity contribution in [2.45, 2.75) is 44.8 Å². The minimum atomic E-state index is -0.614. The van der Waals surface area contributed by atoms with Crippen molar-refractivity contribution >= 4 is 5.91 Å². The number of benzene rings is 1. The van der Waals surface area contributed by atoms with E-state index >= 15 is 0 Å². The molecule has 1 saturated heterocycles. The zero-order valence-corrected chi connectivity index (χ0v) is 14.3. The second-order valence-electron chi connectivity index (χ2n) is 6.59. The Morgan fingerprint density at radius 2 is 1.84 bits per heavy atom. The summed E-state index contributed by atoms with van der Waals surface area (Å²) in [5, 5.41) is 3.85. The van der Waals surface area contributed by atoms with Crippen LogP contribution in [0.4, 0.5) is 0 Å². The van der Waals surface area contributed by atoms with Crippen LogP contribution in [-0.4, -0.2) is 46.2 Å². The maximum Gasteiger partial charge on any atom is 0.267 e. The zero-order valence-electron chi connectivity index (χ0n) is 14.3. The predicted octanol–water partition coefficient (Wildman–Crippen LogP) is 2.31. The van der Waals surface area contributed by atoms with Crippen molar-refractivity contribution in [3.63, 3.8) is 0 Å². The van der Waals surface area contributed by atoms with Gasteiger partial charge in [0.05, 0.1) is 0 Å². The number of amides is 1. The molecule has 2 atom stereocenters. The monoisotopic (exact) mass is 343 g/mol. The Bertz CT molecular complexity index is 767. The Labute approximate surface area is 145 Å². The molecule has 7 heteroatoms. The van der Waals surface area contributed by atoms with Crippen LogP contribution in [0.15, 0.2) is 28.8 Å². The number of para-hydroxylation sites is 2. The van der Waals surface area contributed by atoms with Gasteiger partial charge in [-0.15, -0.1) is 0 Å². The minimum Gasteiger partial charge on any atom is -0.482 e. The smallest absolute Gasteiger partial charge is 0.267 e. The highest BCUT2D eigenvalue weighted by Crippen LogP contribution is 2.34. The molecular formula is C18H21N3O4. The highest BCUT2D eigenvalue weighted by molar-refractivity contribution is 5.82. The zero-order chi connectivity index (χ0) is 17.4. The Morgan fingerprint density at radius 3 is 2.48 bits per heavy atom. The fourth-order valence-corrected chi connectivity index (χ4v) is 3.40. The molecule has 2 aliphatic rings. The molecule has 1 aromatic carbocycles. The minimum absolute atomic E-state index is 0.0258. The van der Waals surface area contributed by atoms with Gasteiger partial charge in [0.25, 0.3) is 5.91 Å². The molecule has 1 aromatic heterocycles. The molecule has 7 nitrogen and oxygen atoms in total. The first-order valence-corrected chi connectivity index (χ1v) is 8.63. The number of piperidine rings is 1. The number of hydrogen-bond acceptors (Lipinski definition) is 6. The third-order valence-corrected chi connectivity index (χ3v) is 4.78. The van der Waals surface area contributed by atoms with E-state index in [-0.39, 0.29) is 17.9 Å². The lowest BCUT2D eigenvalue weighted by Gasteiger charge is -2.37. The maximum atomic E-state index is 12.9. The lowest BCUT2D eigenvalue weighted by molar-refractivity contribution is -0.145. The number of aromatic nitrogens is 2. The van der Waals surface area contributed by atoms with Gasteiger partial charge in [-0.2, -0.15) is 4.98 Å². The van der Waals surface area contributed by atoms with Crippen LogP contribution in [0.5, 0.6) is 11.5 Å². The average molecular weight is 343 g/mol. The molecule has 0 radical (unpaired) electrons. The van der Waals surface area contributed by atoms with Gasteiger partial charge in [0.1, 0.15) is 6.10 Å². The number of carbonyl (C=O) groups is 1.